The molecule has 3 heterocycles. The maximum atomic E-state index is 14.3. The third kappa shape index (κ3) is 11.6. The van der Waals surface area contributed by atoms with Crippen LogP contribution in [0.25, 0.3) is 0 Å². The highest BCUT2D eigenvalue weighted by molar-refractivity contribution is 7.18. The van der Waals surface area contributed by atoms with E-state index in [4.69, 9.17) is 30.5 Å². The van der Waals surface area contributed by atoms with Gasteiger partial charge in [0.25, 0.3) is 11.8 Å². The lowest BCUT2D eigenvalue weighted by Gasteiger charge is -2.38. The fraction of sp³-hybridized carbons (Fsp3) is 0.400. The Morgan fingerprint density at radius 2 is 1.55 bits per heavy atom. The van der Waals surface area contributed by atoms with Crippen molar-refractivity contribution in [1.82, 2.24) is 9.80 Å². The van der Waals surface area contributed by atoms with Gasteiger partial charge in [-0.15, -0.1) is 11.3 Å². The van der Waals surface area contributed by atoms with Crippen LogP contribution in [-0.4, -0.2) is 92.3 Å². The van der Waals surface area contributed by atoms with Crippen molar-refractivity contribution in [2.75, 3.05) is 56.3 Å². The van der Waals surface area contributed by atoms with E-state index in [0.29, 0.717) is 54.1 Å². The Kier molecular flexibility index (Phi) is 14.2. The summed E-state index contributed by atoms with van der Waals surface area (Å²) in [6.07, 6.45) is -1.40. The molecule has 3 aromatic carbocycles. The highest BCUT2D eigenvalue weighted by atomic mass is 35.5. The number of hydrogen-bond acceptors (Lipinski definition) is 10. The van der Waals surface area contributed by atoms with Gasteiger partial charge in [0.1, 0.15) is 25.1 Å². The lowest BCUT2D eigenvalue weighted by molar-refractivity contribution is -0.132. The molecule has 2 saturated heterocycles. The van der Waals surface area contributed by atoms with Crippen LogP contribution in [0.3, 0.4) is 0 Å². The van der Waals surface area contributed by atoms with Gasteiger partial charge in [-0.05, 0) is 76.9 Å². The zero-order valence-corrected chi connectivity index (χ0v) is 36.1. The zero-order valence-electron chi connectivity index (χ0n) is 34.6. The Balaban J connectivity index is 1.14. The van der Waals surface area contributed by atoms with Crippen LogP contribution in [0, 0.1) is 10.8 Å². The molecule has 0 saturated carbocycles. The number of halogens is 1. The Morgan fingerprint density at radius 1 is 0.867 bits per heavy atom. The van der Waals surface area contributed by atoms with Crippen molar-refractivity contribution >= 4 is 64.2 Å². The molecule has 1 aromatic heterocycles. The summed E-state index contributed by atoms with van der Waals surface area (Å²) in [4.78, 5) is 73.7. The molecular weight excluding hydrogens is 808 g/mol. The molecule has 5 amide bonds. The van der Waals surface area contributed by atoms with Crippen molar-refractivity contribution in [2.24, 2.45) is 10.8 Å². The second-order valence-electron chi connectivity index (χ2n) is 16.6. The molecule has 0 aliphatic carbocycles. The number of nitrogens with zero attached hydrogens (tertiary/aromatic N) is 4. The SMILES string of the molecule is COc1ccc(CN(CC(C)(C)CC(C)(C)CC(=O)N(CC2CN(c3ccc(N4CCOCC4=O)cc3)C(=O)O2)C(=O)c2ccc(Cl)s2)C(=O)OCc2ccccc2)cc1. The summed E-state index contributed by atoms with van der Waals surface area (Å²) in [6.45, 7) is 9.54. The second kappa shape index (κ2) is 19.3. The monoisotopic (exact) mass is 858 g/mol. The van der Waals surface area contributed by atoms with Gasteiger partial charge in [0.2, 0.25) is 5.91 Å². The summed E-state index contributed by atoms with van der Waals surface area (Å²) in [5.41, 5.74) is 1.85. The molecule has 2 fully saturated rings. The highest BCUT2D eigenvalue weighted by Gasteiger charge is 2.40. The van der Waals surface area contributed by atoms with Crippen LogP contribution in [0.15, 0.2) is 91.0 Å². The van der Waals surface area contributed by atoms with Gasteiger partial charge in [-0.2, -0.15) is 0 Å². The van der Waals surface area contributed by atoms with Crippen molar-refractivity contribution in [3.05, 3.63) is 111 Å². The van der Waals surface area contributed by atoms with Crippen LogP contribution < -0.4 is 14.5 Å². The van der Waals surface area contributed by atoms with Crippen LogP contribution in [-0.2, 0) is 37.0 Å². The molecule has 318 valence electrons. The topological polar surface area (TPSA) is 135 Å². The van der Waals surface area contributed by atoms with Crippen molar-refractivity contribution in [1.29, 1.82) is 0 Å². The van der Waals surface area contributed by atoms with E-state index in [1.54, 1.807) is 53.3 Å². The molecule has 1 unspecified atom stereocenters. The molecule has 2 aliphatic heterocycles. The van der Waals surface area contributed by atoms with E-state index in [1.165, 1.54) is 4.90 Å². The van der Waals surface area contributed by atoms with Crippen LogP contribution in [0.4, 0.5) is 21.0 Å². The van der Waals surface area contributed by atoms with Crippen LogP contribution >= 0.6 is 22.9 Å². The lowest BCUT2D eigenvalue weighted by atomic mass is 9.73. The number of morpholine rings is 1. The summed E-state index contributed by atoms with van der Waals surface area (Å²) in [5, 5.41) is 0. The van der Waals surface area contributed by atoms with Gasteiger partial charge in [-0.25, -0.2) is 9.59 Å². The molecule has 0 N–H and O–H groups in total. The maximum Gasteiger partial charge on any atom is 0.414 e. The number of thiophene rings is 1. The molecule has 13 nitrogen and oxygen atoms in total. The molecule has 1 atom stereocenters. The van der Waals surface area contributed by atoms with E-state index in [1.807, 2.05) is 82.3 Å². The molecule has 4 aromatic rings. The summed E-state index contributed by atoms with van der Waals surface area (Å²) in [5.74, 6) is -0.408. The van der Waals surface area contributed by atoms with Gasteiger partial charge >= 0.3 is 12.2 Å². The van der Waals surface area contributed by atoms with Crippen LogP contribution in [0.5, 0.6) is 5.75 Å². The van der Waals surface area contributed by atoms with Gasteiger partial charge < -0.3 is 28.7 Å². The molecular formula is C45H51ClN4O9S. The lowest BCUT2D eigenvalue weighted by Crippen LogP contribution is -2.45. The van der Waals surface area contributed by atoms with E-state index in [2.05, 4.69) is 0 Å². The predicted molar refractivity (Wildman–Crippen MR) is 229 cm³/mol. The minimum atomic E-state index is -0.811. The first-order valence-electron chi connectivity index (χ1n) is 19.7. The normalized spacial score (nSPS) is 15.7. The van der Waals surface area contributed by atoms with Crippen LogP contribution in [0.1, 0.15) is 61.3 Å². The van der Waals surface area contributed by atoms with Gasteiger partial charge in [-0.1, -0.05) is 81.8 Å². The number of methoxy groups -OCH3 is 1. The molecule has 15 heteroatoms. The van der Waals surface area contributed by atoms with Crippen molar-refractivity contribution in [3.8, 4) is 5.75 Å². The molecule has 0 radical (unpaired) electrons. The van der Waals surface area contributed by atoms with E-state index < -0.39 is 40.9 Å². The van der Waals surface area contributed by atoms with Gasteiger partial charge in [0, 0.05) is 37.4 Å². The predicted octanol–water partition coefficient (Wildman–Crippen LogP) is 8.44. The molecule has 0 bridgehead atoms. The van der Waals surface area contributed by atoms with E-state index in [0.717, 1.165) is 27.4 Å². The zero-order chi connectivity index (χ0) is 43.0. The number of rotatable bonds is 16. The van der Waals surface area contributed by atoms with Crippen molar-refractivity contribution in [3.63, 3.8) is 0 Å². The number of hydrogen-bond donors (Lipinski definition) is 0. The maximum absolute atomic E-state index is 14.3. The number of anilines is 2. The molecule has 2 aliphatic rings. The largest absolute Gasteiger partial charge is 0.497 e. The number of cyclic esters (lactones) is 1. The first-order chi connectivity index (χ1) is 28.6. The summed E-state index contributed by atoms with van der Waals surface area (Å²) in [6, 6.07) is 27.1. The highest BCUT2D eigenvalue weighted by Crippen LogP contribution is 2.38. The average Bonchev–Trinajstić information content (AvgIpc) is 3.83. The Hall–Kier alpha value is -5.44. The Morgan fingerprint density at radius 3 is 2.18 bits per heavy atom. The Labute approximate surface area is 359 Å². The van der Waals surface area contributed by atoms with Gasteiger partial charge in [0.15, 0.2) is 0 Å². The summed E-state index contributed by atoms with van der Waals surface area (Å²) >= 11 is 7.27. The number of ether oxygens (including phenoxy) is 4. The number of carbonyl (C=O) groups excluding carboxylic acids is 5. The van der Waals surface area contributed by atoms with E-state index in [9.17, 15) is 24.0 Å². The van der Waals surface area contributed by atoms with Crippen LogP contribution in [0.2, 0.25) is 4.34 Å². The Bertz CT molecular complexity index is 2140. The van der Waals surface area contributed by atoms with E-state index in [-0.39, 0.29) is 43.5 Å². The van der Waals surface area contributed by atoms with Crippen molar-refractivity contribution < 1.29 is 42.9 Å². The smallest absolute Gasteiger partial charge is 0.414 e. The van der Waals surface area contributed by atoms with Gasteiger partial charge in [-0.3, -0.25) is 24.2 Å². The molecule has 6 rings (SSSR count). The third-order valence-corrected chi connectivity index (χ3v) is 11.5. The quantitative estimate of drug-likeness (QED) is 0.109. The minimum Gasteiger partial charge on any atom is -0.497 e. The van der Waals surface area contributed by atoms with Crippen molar-refractivity contribution in [2.45, 2.75) is 59.8 Å². The number of amides is 5. The number of benzene rings is 3. The second-order valence-corrected chi connectivity index (χ2v) is 18.3. The molecule has 60 heavy (non-hydrogen) atoms. The standard InChI is InChI=1S/C45H51ClN4O9S/c1-44(2,29-45(3,4)30-47(24-31-11-17-35(56-5)18-12-31)42(54)58-27-32-9-7-6-8-10-32)23-39(51)50(41(53)37-19-20-38(46)60-37)26-36-25-49(43(55)59-36)34-15-13-33(14-16-34)48-21-22-57-28-40(48)52/h6-20,36H,21-30H2,1-5H3. The number of imide groups is 1. The minimum absolute atomic E-state index is 0.00961. The fourth-order valence-corrected chi connectivity index (χ4v) is 8.87. The first kappa shape index (κ1) is 44.1. The summed E-state index contributed by atoms with van der Waals surface area (Å²) in [7, 11) is 1.60. The number of carbonyl (C=O) groups is 5. The third-order valence-electron chi connectivity index (χ3n) is 10.3. The average molecular weight is 859 g/mol. The van der Waals surface area contributed by atoms with E-state index >= 15 is 0 Å². The molecule has 0 spiro atoms. The summed E-state index contributed by atoms with van der Waals surface area (Å²) < 4.78 is 22.5. The fourth-order valence-electron chi connectivity index (χ4n) is 7.88. The van der Waals surface area contributed by atoms with Gasteiger partial charge in [0.05, 0.1) is 36.0 Å². The first-order valence-corrected chi connectivity index (χ1v) is 20.9.